The standard InChI is InChI=1S/C12H11ClFNO3/c13-8-1-2-9(14)7(5-8)6-15-10(12(17)18)3-4-11(15)16/h1-2,5,10H,3-4,6H2,(H,17,18). The summed E-state index contributed by atoms with van der Waals surface area (Å²) in [7, 11) is 0. The van der Waals surface area contributed by atoms with Crippen LogP contribution < -0.4 is 0 Å². The fraction of sp³-hybridized carbons (Fsp3) is 0.333. The van der Waals surface area contributed by atoms with Gasteiger partial charge in [0.25, 0.3) is 0 Å². The number of rotatable bonds is 3. The number of hydrogen-bond donors (Lipinski definition) is 1. The fourth-order valence-electron chi connectivity index (χ4n) is 2.04. The molecule has 1 aliphatic rings. The number of nitrogens with zero attached hydrogens (tertiary/aromatic N) is 1. The zero-order valence-corrected chi connectivity index (χ0v) is 10.2. The van der Waals surface area contributed by atoms with Crippen LogP contribution in [0.25, 0.3) is 0 Å². The molecule has 2 rings (SSSR count). The van der Waals surface area contributed by atoms with Crippen LogP contribution in [0.1, 0.15) is 18.4 Å². The fourth-order valence-corrected chi connectivity index (χ4v) is 2.23. The van der Waals surface area contributed by atoms with Crippen molar-refractivity contribution in [1.29, 1.82) is 0 Å². The van der Waals surface area contributed by atoms with Gasteiger partial charge in [-0.25, -0.2) is 9.18 Å². The molecule has 1 aromatic rings. The van der Waals surface area contributed by atoms with Gasteiger partial charge in [-0.05, 0) is 24.6 Å². The van der Waals surface area contributed by atoms with E-state index in [1.807, 2.05) is 0 Å². The Morgan fingerprint density at radius 1 is 1.56 bits per heavy atom. The molecule has 1 aromatic carbocycles. The molecule has 6 heteroatoms. The molecule has 1 N–H and O–H groups in total. The Bertz CT molecular complexity index is 506. The Labute approximate surface area is 108 Å². The highest BCUT2D eigenvalue weighted by atomic mass is 35.5. The molecule has 1 amide bonds. The molecule has 1 aliphatic heterocycles. The summed E-state index contributed by atoms with van der Waals surface area (Å²) in [6, 6.07) is 3.13. The van der Waals surface area contributed by atoms with E-state index in [2.05, 4.69) is 0 Å². The smallest absolute Gasteiger partial charge is 0.326 e. The number of carbonyl (C=O) groups is 2. The first kappa shape index (κ1) is 12.8. The van der Waals surface area contributed by atoms with Crippen LogP contribution in [0.4, 0.5) is 4.39 Å². The average molecular weight is 272 g/mol. The Morgan fingerprint density at radius 2 is 2.28 bits per heavy atom. The van der Waals surface area contributed by atoms with Crippen LogP contribution in [-0.2, 0) is 16.1 Å². The van der Waals surface area contributed by atoms with Crippen molar-refractivity contribution in [2.45, 2.75) is 25.4 Å². The summed E-state index contributed by atoms with van der Waals surface area (Å²) < 4.78 is 13.5. The third kappa shape index (κ3) is 2.46. The molecule has 1 fully saturated rings. The molecule has 4 nitrogen and oxygen atoms in total. The van der Waals surface area contributed by atoms with E-state index in [-0.39, 0.29) is 30.9 Å². The lowest BCUT2D eigenvalue weighted by atomic mass is 10.1. The lowest BCUT2D eigenvalue weighted by molar-refractivity contribution is -0.146. The van der Waals surface area contributed by atoms with Crippen molar-refractivity contribution < 1.29 is 19.1 Å². The molecule has 0 saturated carbocycles. The molecule has 96 valence electrons. The van der Waals surface area contributed by atoms with E-state index in [4.69, 9.17) is 16.7 Å². The first-order valence-corrected chi connectivity index (χ1v) is 5.83. The van der Waals surface area contributed by atoms with E-state index < -0.39 is 17.8 Å². The summed E-state index contributed by atoms with van der Waals surface area (Å²) in [5, 5.41) is 9.34. The van der Waals surface area contributed by atoms with Crippen LogP contribution in [-0.4, -0.2) is 27.9 Å². The Morgan fingerprint density at radius 3 is 2.94 bits per heavy atom. The maximum Gasteiger partial charge on any atom is 0.326 e. The second kappa shape index (κ2) is 4.94. The zero-order chi connectivity index (χ0) is 13.3. The molecular weight excluding hydrogens is 261 g/mol. The zero-order valence-electron chi connectivity index (χ0n) is 9.40. The third-order valence-electron chi connectivity index (χ3n) is 2.96. The molecule has 1 saturated heterocycles. The Balaban J connectivity index is 2.24. The monoisotopic (exact) mass is 271 g/mol. The van der Waals surface area contributed by atoms with Crippen molar-refractivity contribution in [3.05, 3.63) is 34.6 Å². The summed E-state index contributed by atoms with van der Waals surface area (Å²) in [5.41, 5.74) is 0.226. The first-order chi connectivity index (χ1) is 8.49. The maximum absolute atomic E-state index is 13.5. The second-order valence-electron chi connectivity index (χ2n) is 4.15. The topological polar surface area (TPSA) is 57.6 Å². The van der Waals surface area contributed by atoms with Gasteiger partial charge in [-0.2, -0.15) is 0 Å². The summed E-state index contributed by atoms with van der Waals surface area (Å²) in [4.78, 5) is 23.8. The molecule has 18 heavy (non-hydrogen) atoms. The van der Waals surface area contributed by atoms with Gasteiger partial charge in [-0.15, -0.1) is 0 Å². The number of carboxylic acids is 1. The molecule has 1 heterocycles. The minimum Gasteiger partial charge on any atom is -0.480 e. The molecule has 0 bridgehead atoms. The van der Waals surface area contributed by atoms with Crippen LogP contribution in [0, 0.1) is 5.82 Å². The van der Waals surface area contributed by atoms with E-state index in [9.17, 15) is 14.0 Å². The third-order valence-corrected chi connectivity index (χ3v) is 3.20. The minimum atomic E-state index is -1.07. The highest BCUT2D eigenvalue weighted by molar-refractivity contribution is 6.30. The molecule has 0 radical (unpaired) electrons. The van der Waals surface area contributed by atoms with Gasteiger partial charge in [0.15, 0.2) is 0 Å². The van der Waals surface area contributed by atoms with Crippen LogP contribution in [0.5, 0.6) is 0 Å². The van der Waals surface area contributed by atoms with Crippen molar-refractivity contribution in [3.8, 4) is 0 Å². The average Bonchev–Trinajstić information content (AvgIpc) is 2.66. The van der Waals surface area contributed by atoms with Gasteiger partial charge in [-0.3, -0.25) is 4.79 Å². The van der Waals surface area contributed by atoms with Crippen LogP contribution in [0.15, 0.2) is 18.2 Å². The van der Waals surface area contributed by atoms with Crippen molar-refractivity contribution in [2.75, 3.05) is 0 Å². The number of carboxylic acid groups (broad SMARTS) is 1. The van der Waals surface area contributed by atoms with Gasteiger partial charge >= 0.3 is 5.97 Å². The molecule has 0 aliphatic carbocycles. The van der Waals surface area contributed by atoms with E-state index >= 15 is 0 Å². The van der Waals surface area contributed by atoms with E-state index in [0.29, 0.717) is 5.02 Å². The number of aliphatic carboxylic acids is 1. The second-order valence-corrected chi connectivity index (χ2v) is 4.59. The lowest BCUT2D eigenvalue weighted by Gasteiger charge is -2.21. The minimum absolute atomic E-state index is 0.0673. The quantitative estimate of drug-likeness (QED) is 0.915. The predicted octanol–water partition coefficient (Wildman–Crippen LogP) is 2.05. The summed E-state index contributed by atoms with van der Waals surface area (Å²) >= 11 is 5.75. The van der Waals surface area contributed by atoms with E-state index in [1.54, 1.807) is 0 Å². The molecule has 1 unspecified atom stereocenters. The van der Waals surface area contributed by atoms with Crippen LogP contribution in [0.2, 0.25) is 5.02 Å². The number of benzene rings is 1. The first-order valence-electron chi connectivity index (χ1n) is 5.45. The highest BCUT2D eigenvalue weighted by Crippen LogP contribution is 2.24. The number of carbonyl (C=O) groups excluding carboxylic acids is 1. The highest BCUT2D eigenvalue weighted by Gasteiger charge is 2.36. The summed E-state index contributed by atoms with van der Waals surface area (Å²) in [6.45, 7) is -0.0673. The van der Waals surface area contributed by atoms with Gasteiger partial charge in [0.1, 0.15) is 11.9 Å². The lowest BCUT2D eigenvalue weighted by Crippen LogP contribution is -2.38. The SMILES string of the molecule is O=C(O)C1CCC(=O)N1Cc1cc(Cl)ccc1F. The summed E-state index contributed by atoms with van der Waals surface area (Å²) in [6.07, 6.45) is 0.440. The predicted molar refractivity (Wildman–Crippen MR) is 62.6 cm³/mol. The Hall–Kier alpha value is -1.62. The van der Waals surface area contributed by atoms with Crippen LogP contribution in [0.3, 0.4) is 0 Å². The normalized spacial score (nSPS) is 19.3. The molecule has 0 spiro atoms. The number of likely N-dealkylation sites (tertiary alicyclic amines) is 1. The van der Waals surface area contributed by atoms with Gasteiger partial charge < -0.3 is 10.0 Å². The number of amides is 1. The van der Waals surface area contributed by atoms with Crippen molar-refractivity contribution in [1.82, 2.24) is 4.90 Å². The van der Waals surface area contributed by atoms with Crippen molar-refractivity contribution in [2.24, 2.45) is 0 Å². The number of halogens is 2. The van der Waals surface area contributed by atoms with E-state index in [1.165, 1.54) is 23.1 Å². The van der Waals surface area contributed by atoms with Gasteiger partial charge in [0.2, 0.25) is 5.91 Å². The molecular formula is C12H11ClFNO3. The van der Waals surface area contributed by atoms with Gasteiger partial charge in [-0.1, -0.05) is 11.6 Å². The molecule has 0 aromatic heterocycles. The van der Waals surface area contributed by atoms with E-state index in [0.717, 1.165) is 0 Å². The number of hydrogen-bond acceptors (Lipinski definition) is 2. The van der Waals surface area contributed by atoms with Crippen LogP contribution >= 0.6 is 11.6 Å². The Kier molecular flexibility index (Phi) is 3.52. The van der Waals surface area contributed by atoms with Gasteiger partial charge in [0, 0.05) is 23.6 Å². The van der Waals surface area contributed by atoms with Crippen molar-refractivity contribution >= 4 is 23.5 Å². The van der Waals surface area contributed by atoms with Crippen molar-refractivity contribution in [3.63, 3.8) is 0 Å². The molecule has 1 atom stereocenters. The largest absolute Gasteiger partial charge is 0.480 e. The summed E-state index contributed by atoms with van der Waals surface area (Å²) in [5.74, 6) is -1.84. The van der Waals surface area contributed by atoms with Gasteiger partial charge in [0.05, 0.1) is 0 Å². The maximum atomic E-state index is 13.5.